The molecule has 14 heavy (non-hydrogen) atoms. The Kier molecular flexibility index (Phi) is 6.08. The molecule has 0 fully saturated rings. The van der Waals surface area contributed by atoms with Crippen LogP contribution in [0.5, 0.6) is 5.75 Å². The predicted molar refractivity (Wildman–Crippen MR) is 68.3 cm³/mol. The topological polar surface area (TPSA) is 33.1 Å². The Labute approximate surface area is 99.0 Å². The van der Waals surface area contributed by atoms with E-state index < -0.39 is 0 Å². The first kappa shape index (κ1) is 13.7. The number of rotatable bonds is 3. The first-order chi connectivity index (χ1) is 6.20. The minimum absolute atomic E-state index is 0. The Hall–Kier alpha value is -0.320. The number of pyridine rings is 1. The number of hydrogen-bond acceptors (Lipinski definition) is 4. The average molecular weight is 250 g/mol. The molecule has 0 atom stereocenters. The summed E-state index contributed by atoms with van der Waals surface area (Å²) in [4.78, 5) is 4.04. The minimum atomic E-state index is 0. The molecule has 5 heteroatoms. The summed E-state index contributed by atoms with van der Waals surface area (Å²) in [6.45, 7) is 5.43. The second-order valence-electron chi connectivity index (χ2n) is 2.60. The summed E-state index contributed by atoms with van der Waals surface area (Å²) in [5, 5.41) is 9.68. The summed E-state index contributed by atoms with van der Waals surface area (Å²) in [7, 11) is 1.37. The highest BCUT2D eigenvalue weighted by molar-refractivity contribution is 8.68. The molecule has 0 radical (unpaired) electrons. The molecule has 0 spiro atoms. The van der Waals surface area contributed by atoms with Gasteiger partial charge in [0.2, 0.25) is 0 Å². The molecule has 0 bridgehead atoms. The molecule has 1 heterocycles. The standard InChI is InChI=1S/C9H11NOS2.ClH/c1-3-7-4-10-6(2)9(11)8(7)5-13-12;/h3-4,11-12H,1,5H2,2H3;1H. The van der Waals surface area contributed by atoms with Crippen molar-refractivity contribution in [2.75, 3.05) is 0 Å². The van der Waals surface area contributed by atoms with Gasteiger partial charge in [0.05, 0.1) is 5.69 Å². The van der Waals surface area contributed by atoms with E-state index in [2.05, 4.69) is 23.2 Å². The molecule has 0 saturated heterocycles. The van der Waals surface area contributed by atoms with E-state index in [-0.39, 0.29) is 18.2 Å². The molecule has 0 aromatic carbocycles. The summed E-state index contributed by atoms with van der Waals surface area (Å²) >= 11 is 4.05. The van der Waals surface area contributed by atoms with Crippen LogP contribution in [0.1, 0.15) is 16.8 Å². The quantitative estimate of drug-likeness (QED) is 0.637. The number of halogens is 1. The number of aromatic hydroxyl groups is 1. The average Bonchev–Trinajstić information content (AvgIpc) is 2.14. The smallest absolute Gasteiger partial charge is 0.141 e. The molecule has 1 aromatic heterocycles. The highest BCUT2D eigenvalue weighted by atomic mass is 35.5. The minimum Gasteiger partial charge on any atom is -0.506 e. The van der Waals surface area contributed by atoms with Crippen LogP contribution in [0.25, 0.3) is 6.08 Å². The lowest BCUT2D eigenvalue weighted by atomic mass is 10.1. The fourth-order valence-corrected chi connectivity index (χ4v) is 1.87. The number of nitrogens with zero attached hydrogens (tertiary/aromatic N) is 1. The van der Waals surface area contributed by atoms with Gasteiger partial charge in [-0.3, -0.25) is 4.98 Å². The molecule has 0 unspecified atom stereocenters. The van der Waals surface area contributed by atoms with Crippen molar-refractivity contribution in [2.24, 2.45) is 0 Å². The van der Waals surface area contributed by atoms with Crippen LogP contribution in [0.3, 0.4) is 0 Å². The van der Waals surface area contributed by atoms with Crippen LogP contribution in [-0.2, 0) is 5.75 Å². The molecule has 0 amide bonds. The summed E-state index contributed by atoms with van der Waals surface area (Å²) in [5.74, 6) is 0.901. The molecule has 0 aliphatic rings. The summed E-state index contributed by atoms with van der Waals surface area (Å²) in [5.41, 5.74) is 2.36. The highest BCUT2D eigenvalue weighted by Crippen LogP contribution is 2.29. The lowest BCUT2D eigenvalue weighted by Crippen LogP contribution is -1.92. The van der Waals surface area contributed by atoms with E-state index in [4.69, 9.17) is 0 Å². The van der Waals surface area contributed by atoms with Crippen LogP contribution < -0.4 is 0 Å². The predicted octanol–water partition coefficient (Wildman–Crippen LogP) is 3.24. The van der Waals surface area contributed by atoms with Gasteiger partial charge in [0.25, 0.3) is 0 Å². The Morgan fingerprint density at radius 3 is 2.86 bits per heavy atom. The summed E-state index contributed by atoms with van der Waals surface area (Å²) in [6.07, 6.45) is 3.40. The maximum absolute atomic E-state index is 9.68. The van der Waals surface area contributed by atoms with Crippen molar-refractivity contribution in [3.05, 3.63) is 29.6 Å². The van der Waals surface area contributed by atoms with E-state index >= 15 is 0 Å². The van der Waals surface area contributed by atoms with E-state index in [9.17, 15) is 5.11 Å². The van der Waals surface area contributed by atoms with Crippen molar-refractivity contribution in [3.8, 4) is 5.75 Å². The van der Waals surface area contributed by atoms with Crippen molar-refractivity contribution in [1.29, 1.82) is 0 Å². The molecule has 0 aliphatic carbocycles. The van der Waals surface area contributed by atoms with Crippen LogP contribution in [0, 0.1) is 6.92 Å². The van der Waals surface area contributed by atoms with Crippen LogP contribution in [0.15, 0.2) is 12.8 Å². The first-order valence-electron chi connectivity index (χ1n) is 3.77. The van der Waals surface area contributed by atoms with Gasteiger partial charge in [-0.2, -0.15) is 0 Å². The summed E-state index contributed by atoms with van der Waals surface area (Å²) in [6, 6.07) is 0. The van der Waals surface area contributed by atoms with Gasteiger partial charge in [0, 0.05) is 17.5 Å². The number of hydrogen-bond donors (Lipinski definition) is 2. The van der Waals surface area contributed by atoms with Crippen LogP contribution in [-0.4, -0.2) is 10.1 Å². The van der Waals surface area contributed by atoms with Crippen LogP contribution in [0.4, 0.5) is 0 Å². The molecule has 2 nitrogen and oxygen atoms in total. The highest BCUT2D eigenvalue weighted by Gasteiger charge is 2.08. The molecule has 1 N–H and O–H groups in total. The van der Waals surface area contributed by atoms with E-state index in [1.165, 1.54) is 10.8 Å². The zero-order valence-electron chi connectivity index (χ0n) is 7.73. The zero-order valence-corrected chi connectivity index (χ0v) is 10.3. The third kappa shape index (κ3) is 2.83. The number of thiol groups is 1. The van der Waals surface area contributed by atoms with Crippen molar-refractivity contribution in [2.45, 2.75) is 12.7 Å². The summed E-state index contributed by atoms with van der Waals surface area (Å²) < 4.78 is 0. The molecule has 0 saturated carbocycles. The van der Waals surface area contributed by atoms with E-state index in [0.717, 1.165) is 11.1 Å². The van der Waals surface area contributed by atoms with Gasteiger partial charge in [-0.1, -0.05) is 23.4 Å². The van der Waals surface area contributed by atoms with E-state index in [1.54, 1.807) is 19.2 Å². The van der Waals surface area contributed by atoms with Gasteiger partial charge in [-0.15, -0.1) is 24.1 Å². The number of aromatic nitrogens is 1. The van der Waals surface area contributed by atoms with E-state index in [0.29, 0.717) is 11.4 Å². The second kappa shape index (κ2) is 6.22. The van der Waals surface area contributed by atoms with Gasteiger partial charge < -0.3 is 5.11 Å². The van der Waals surface area contributed by atoms with Crippen molar-refractivity contribution >= 4 is 40.9 Å². The third-order valence-electron chi connectivity index (χ3n) is 1.80. The fraction of sp³-hybridized carbons (Fsp3) is 0.222. The maximum atomic E-state index is 9.68. The number of aryl methyl sites for hydroxylation is 1. The first-order valence-corrected chi connectivity index (χ1v) is 5.80. The lowest BCUT2D eigenvalue weighted by Gasteiger charge is -2.08. The van der Waals surface area contributed by atoms with Crippen molar-refractivity contribution < 1.29 is 5.11 Å². The molecule has 1 rings (SSSR count). The second-order valence-corrected chi connectivity index (χ2v) is 3.93. The van der Waals surface area contributed by atoms with Crippen LogP contribution >= 0.6 is 34.9 Å². The van der Waals surface area contributed by atoms with Crippen LogP contribution in [0.2, 0.25) is 0 Å². The molecule has 78 valence electrons. The van der Waals surface area contributed by atoms with Crippen molar-refractivity contribution in [1.82, 2.24) is 4.98 Å². The third-order valence-corrected chi connectivity index (χ3v) is 2.61. The maximum Gasteiger partial charge on any atom is 0.141 e. The fourth-order valence-electron chi connectivity index (χ4n) is 1.05. The van der Waals surface area contributed by atoms with Gasteiger partial charge in [-0.25, -0.2) is 0 Å². The molecule has 0 aliphatic heterocycles. The Morgan fingerprint density at radius 1 is 1.71 bits per heavy atom. The van der Waals surface area contributed by atoms with E-state index in [1.807, 2.05) is 0 Å². The Bertz CT molecular complexity index is 331. The van der Waals surface area contributed by atoms with Gasteiger partial charge in [0.15, 0.2) is 0 Å². The largest absolute Gasteiger partial charge is 0.506 e. The SMILES string of the molecule is C=Cc1cnc(C)c(O)c1CSS.Cl. The normalized spacial score (nSPS) is 9.29. The molecule has 1 aromatic rings. The van der Waals surface area contributed by atoms with Gasteiger partial charge in [0.1, 0.15) is 5.75 Å². The van der Waals surface area contributed by atoms with Gasteiger partial charge >= 0.3 is 0 Å². The zero-order chi connectivity index (χ0) is 9.84. The molecular weight excluding hydrogens is 238 g/mol. The van der Waals surface area contributed by atoms with Crippen molar-refractivity contribution in [3.63, 3.8) is 0 Å². The Morgan fingerprint density at radius 2 is 2.36 bits per heavy atom. The molecular formula is C9H12ClNOS2. The lowest BCUT2D eigenvalue weighted by molar-refractivity contribution is 0.462. The van der Waals surface area contributed by atoms with Gasteiger partial charge in [-0.05, 0) is 12.5 Å². The monoisotopic (exact) mass is 249 g/mol. The Balaban J connectivity index is 0.00000169.